The molecule has 0 atom stereocenters. The highest BCUT2D eigenvalue weighted by molar-refractivity contribution is 6.05. The molecule has 9 heteroatoms. The Labute approximate surface area is 151 Å². The van der Waals surface area contributed by atoms with Gasteiger partial charge in [-0.05, 0) is 38.7 Å². The lowest BCUT2D eigenvalue weighted by Gasteiger charge is -2.03. The van der Waals surface area contributed by atoms with E-state index in [1.54, 1.807) is 0 Å². The molecule has 1 aromatic heterocycles. The number of rotatable bonds is 5. The van der Waals surface area contributed by atoms with E-state index >= 15 is 0 Å². The fourth-order valence-corrected chi connectivity index (χ4v) is 1.61. The summed E-state index contributed by atoms with van der Waals surface area (Å²) in [6.07, 6.45) is 2.92. The highest BCUT2D eigenvalue weighted by Gasteiger charge is 2.12. The van der Waals surface area contributed by atoms with Crippen molar-refractivity contribution in [3.63, 3.8) is 0 Å². The number of aromatic amines is 1. The fraction of sp³-hybridized carbons (Fsp3) is 0.353. The van der Waals surface area contributed by atoms with Crippen molar-refractivity contribution in [2.45, 2.75) is 20.3 Å². The normalized spacial score (nSPS) is 9.31. The van der Waals surface area contributed by atoms with Crippen LogP contribution in [-0.4, -0.2) is 42.5 Å². The van der Waals surface area contributed by atoms with Gasteiger partial charge in [0.25, 0.3) is 5.91 Å². The highest BCUT2D eigenvalue weighted by atomic mass is 19.1. The van der Waals surface area contributed by atoms with Gasteiger partial charge in [0.1, 0.15) is 17.3 Å². The van der Waals surface area contributed by atoms with E-state index in [0.29, 0.717) is 12.4 Å². The zero-order chi connectivity index (χ0) is 19.9. The van der Waals surface area contributed by atoms with Gasteiger partial charge in [-0.15, -0.1) is 0 Å². The third-order valence-electron chi connectivity index (χ3n) is 2.66. The molecule has 1 aromatic carbocycles. The number of anilines is 1. The van der Waals surface area contributed by atoms with Crippen LogP contribution in [0.3, 0.4) is 0 Å². The number of halogens is 2. The van der Waals surface area contributed by atoms with E-state index in [1.807, 2.05) is 14.0 Å². The molecule has 0 saturated heterocycles. The number of nitrogens with two attached hydrogens (primary N) is 1. The summed E-state index contributed by atoms with van der Waals surface area (Å²) in [6, 6.07) is 2.43. The minimum atomic E-state index is -0.858. The van der Waals surface area contributed by atoms with Gasteiger partial charge in [-0.1, -0.05) is 13.8 Å². The molecule has 0 aliphatic heterocycles. The van der Waals surface area contributed by atoms with Crippen molar-refractivity contribution in [1.82, 2.24) is 15.5 Å². The number of aldehydes is 1. The number of nitrogens with one attached hydrogen (secondary N) is 3. The van der Waals surface area contributed by atoms with E-state index in [1.165, 1.54) is 12.6 Å². The zero-order valence-corrected chi connectivity index (χ0v) is 15.1. The van der Waals surface area contributed by atoms with E-state index in [4.69, 9.17) is 5.73 Å². The molecule has 1 amide bonds. The summed E-state index contributed by atoms with van der Waals surface area (Å²) in [5.74, 6) is -2.45. The number of H-pyrrole nitrogens is 1. The molecule has 2 aromatic rings. The van der Waals surface area contributed by atoms with Crippen LogP contribution in [0.25, 0.3) is 0 Å². The minimum Gasteiger partial charge on any atom is -0.331 e. The number of benzene rings is 1. The van der Waals surface area contributed by atoms with Crippen LogP contribution < -0.4 is 16.4 Å². The van der Waals surface area contributed by atoms with Gasteiger partial charge in [-0.25, -0.2) is 8.78 Å². The predicted molar refractivity (Wildman–Crippen MR) is 97.2 cm³/mol. The molecule has 2 rings (SSSR count). The van der Waals surface area contributed by atoms with Gasteiger partial charge in [0.15, 0.2) is 6.29 Å². The van der Waals surface area contributed by atoms with E-state index in [9.17, 15) is 18.4 Å². The molecule has 0 spiro atoms. The third-order valence-corrected chi connectivity index (χ3v) is 2.66. The fourth-order valence-electron chi connectivity index (χ4n) is 1.61. The van der Waals surface area contributed by atoms with Crippen LogP contribution in [0.5, 0.6) is 0 Å². The first-order chi connectivity index (χ1) is 12.4. The second-order valence-corrected chi connectivity index (χ2v) is 4.94. The number of aromatic nitrogens is 2. The second kappa shape index (κ2) is 13.6. The van der Waals surface area contributed by atoms with Crippen LogP contribution in [0, 0.1) is 11.6 Å². The largest absolute Gasteiger partial charge is 0.331 e. The number of hydrogen-bond donors (Lipinski definition) is 4. The monoisotopic (exact) mass is 369 g/mol. The maximum absolute atomic E-state index is 12.9. The first-order valence-corrected chi connectivity index (χ1v) is 8.04. The Morgan fingerprint density at radius 1 is 1.27 bits per heavy atom. The van der Waals surface area contributed by atoms with E-state index in [0.717, 1.165) is 25.2 Å². The summed E-state index contributed by atoms with van der Waals surface area (Å²) in [4.78, 5) is 22.3. The summed E-state index contributed by atoms with van der Waals surface area (Å²) in [5, 5.41) is 11.2. The SMILES string of the molecule is CCCNC.CCN.O=Cc1[nH]ncc1NC(=O)c1cc(F)cc(F)c1. The quantitative estimate of drug-likeness (QED) is 0.604. The van der Waals surface area contributed by atoms with Crippen molar-refractivity contribution < 1.29 is 18.4 Å². The van der Waals surface area contributed by atoms with Crippen LogP contribution in [0.1, 0.15) is 41.1 Å². The molecule has 0 fully saturated rings. The molecule has 26 heavy (non-hydrogen) atoms. The lowest BCUT2D eigenvalue weighted by molar-refractivity contribution is 0.102. The molecule has 5 N–H and O–H groups in total. The molecular weight excluding hydrogens is 344 g/mol. The lowest BCUT2D eigenvalue weighted by Crippen LogP contribution is -2.13. The average Bonchev–Trinajstić information content (AvgIpc) is 3.03. The van der Waals surface area contributed by atoms with Gasteiger partial charge < -0.3 is 16.4 Å². The molecule has 0 radical (unpaired) electrons. The average molecular weight is 369 g/mol. The Balaban J connectivity index is 0.000000663. The highest BCUT2D eigenvalue weighted by Crippen LogP contribution is 2.13. The standard InChI is InChI=1S/C11H7F2N3O2.C4H11N.C2H7N/c12-7-1-6(2-8(13)3-7)11(18)15-9-4-14-16-10(9)5-17;1-3-4-5-2;1-2-3/h1-5H,(H,14,16)(H,15,18);5H,3-4H2,1-2H3;2-3H2,1H3. The first kappa shape index (κ1) is 23.4. The Morgan fingerprint density at radius 2 is 1.85 bits per heavy atom. The summed E-state index contributed by atoms with van der Waals surface area (Å²) < 4.78 is 25.8. The Kier molecular flexibility index (Phi) is 12.2. The molecule has 0 saturated carbocycles. The molecular formula is C17H25F2N5O2. The number of hydrogen-bond acceptors (Lipinski definition) is 5. The maximum atomic E-state index is 12.9. The topological polar surface area (TPSA) is 113 Å². The van der Waals surface area contributed by atoms with E-state index < -0.39 is 17.5 Å². The molecule has 144 valence electrons. The summed E-state index contributed by atoms with van der Waals surface area (Å²) in [5.41, 5.74) is 4.87. The van der Waals surface area contributed by atoms with Crippen LogP contribution in [0.2, 0.25) is 0 Å². The van der Waals surface area contributed by atoms with E-state index in [-0.39, 0.29) is 16.9 Å². The van der Waals surface area contributed by atoms with Crippen molar-refractivity contribution in [2.24, 2.45) is 5.73 Å². The molecule has 0 unspecified atom stereocenters. The lowest BCUT2D eigenvalue weighted by atomic mass is 10.2. The smallest absolute Gasteiger partial charge is 0.255 e. The minimum absolute atomic E-state index is 0.0697. The van der Waals surface area contributed by atoms with Crippen molar-refractivity contribution in [3.8, 4) is 0 Å². The molecule has 0 aliphatic carbocycles. The third kappa shape index (κ3) is 9.00. The molecule has 7 nitrogen and oxygen atoms in total. The van der Waals surface area contributed by atoms with Gasteiger partial charge in [-0.3, -0.25) is 14.7 Å². The Hall–Kier alpha value is -2.65. The van der Waals surface area contributed by atoms with Crippen molar-refractivity contribution in [2.75, 3.05) is 25.5 Å². The second-order valence-electron chi connectivity index (χ2n) is 4.94. The first-order valence-electron chi connectivity index (χ1n) is 8.04. The molecule has 1 heterocycles. The molecule has 0 aliphatic rings. The Morgan fingerprint density at radius 3 is 2.27 bits per heavy atom. The van der Waals surface area contributed by atoms with Gasteiger partial charge >= 0.3 is 0 Å². The van der Waals surface area contributed by atoms with Gasteiger partial charge in [0, 0.05) is 11.6 Å². The van der Waals surface area contributed by atoms with Crippen LogP contribution in [-0.2, 0) is 0 Å². The molecule has 0 bridgehead atoms. The van der Waals surface area contributed by atoms with Crippen molar-refractivity contribution >= 4 is 17.9 Å². The van der Waals surface area contributed by atoms with Gasteiger partial charge in [-0.2, -0.15) is 5.10 Å². The van der Waals surface area contributed by atoms with Crippen LogP contribution in [0.4, 0.5) is 14.5 Å². The Bertz CT molecular complexity index is 655. The van der Waals surface area contributed by atoms with Crippen molar-refractivity contribution in [3.05, 3.63) is 47.3 Å². The van der Waals surface area contributed by atoms with Gasteiger partial charge in [0.05, 0.1) is 11.9 Å². The van der Waals surface area contributed by atoms with E-state index in [2.05, 4.69) is 27.8 Å². The van der Waals surface area contributed by atoms with Gasteiger partial charge in [0.2, 0.25) is 0 Å². The number of carbonyl (C=O) groups is 2. The predicted octanol–water partition coefficient (Wildman–Crippen LogP) is 2.33. The number of nitrogens with zero attached hydrogens (tertiary/aromatic N) is 1. The summed E-state index contributed by atoms with van der Waals surface area (Å²) in [6.45, 7) is 5.94. The summed E-state index contributed by atoms with van der Waals surface area (Å²) in [7, 11) is 1.96. The maximum Gasteiger partial charge on any atom is 0.255 e. The van der Waals surface area contributed by atoms with Crippen molar-refractivity contribution in [1.29, 1.82) is 0 Å². The van der Waals surface area contributed by atoms with Crippen LogP contribution >= 0.6 is 0 Å². The zero-order valence-electron chi connectivity index (χ0n) is 15.1. The number of carbonyl (C=O) groups excluding carboxylic acids is 2. The summed E-state index contributed by atoms with van der Waals surface area (Å²) >= 11 is 0. The van der Waals surface area contributed by atoms with Crippen LogP contribution in [0.15, 0.2) is 24.4 Å². The number of amides is 1.